The second-order valence-corrected chi connectivity index (χ2v) is 6.02. The summed E-state index contributed by atoms with van der Waals surface area (Å²) >= 11 is 0. The van der Waals surface area contributed by atoms with Crippen molar-refractivity contribution in [2.45, 2.75) is 25.5 Å². The predicted octanol–water partition coefficient (Wildman–Crippen LogP) is -0.170. The van der Waals surface area contributed by atoms with Gasteiger partial charge in [0.2, 0.25) is 11.8 Å². The first kappa shape index (κ1) is 17.7. The van der Waals surface area contributed by atoms with Crippen LogP contribution in [0.5, 0.6) is 5.88 Å². The molecular weight excluding hydrogens is 300 g/mol. The molecule has 1 atom stereocenters. The number of rotatable bonds is 7. The molecule has 2 heterocycles. The van der Waals surface area contributed by atoms with Crippen molar-refractivity contribution >= 4 is 5.91 Å². The molecule has 1 aliphatic rings. The van der Waals surface area contributed by atoms with E-state index >= 15 is 0 Å². The normalized spacial score (nSPS) is 22.3. The smallest absolute Gasteiger partial charge is 0.220 e. The van der Waals surface area contributed by atoms with Gasteiger partial charge in [-0.05, 0) is 6.92 Å². The first-order chi connectivity index (χ1) is 10.9. The highest BCUT2D eigenvalue weighted by Crippen LogP contribution is 2.27. The Hall–Kier alpha value is -1.64. The minimum atomic E-state index is -0.692. The van der Waals surface area contributed by atoms with E-state index in [1.165, 1.54) is 0 Å². The molecule has 1 saturated heterocycles. The van der Waals surface area contributed by atoms with Crippen molar-refractivity contribution in [1.29, 1.82) is 0 Å². The summed E-state index contributed by atoms with van der Waals surface area (Å²) in [4.78, 5) is 13.6. The number of methoxy groups -OCH3 is 2. The van der Waals surface area contributed by atoms with E-state index in [2.05, 4.69) is 10.00 Å². The van der Waals surface area contributed by atoms with E-state index in [0.29, 0.717) is 26.3 Å². The van der Waals surface area contributed by atoms with Crippen LogP contribution in [0.4, 0.5) is 0 Å². The number of aromatic nitrogens is 2. The van der Waals surface area contributed by atoms with Crippen molar-refractivity contribution in [2.75, 3.05) is 40.5 Å². The lowest BCUT2D eigenvalue weighted by atomic mass is 9.97. The van der Waals surface area contributed by atoms with Crippen molar-refractivity contribution in [3.05, 3.63) is 11.3 Å². The first-order valence-corrected chi connectivity index (χ1v) is 7.61. The molecule has 2 rings (SSSR count). The van der Waals surface area contributed by atoms with Gasteiger partial charge in [0.1, 0.15) is 5.60 Å². The fourth-order valence-electron chi connectivity index (χ4n) is 3.23. The number of morpholine rings is 1. The Bertz CT molecular complexity index is 556. The molecule has 0 radical (unpaired) electrons. The van der Waals surface area contributed by atoms with Gasteiger partial charge in [0, 0.05) is 33.8 Å². The van der Waals surface area contributed by atoms with Gasteiger partial charge >= 0.3 is 0 Å². The van der Waals surface area contributed by atoms with Crippen molar-refractivity contribution in [1.82, 2.24) is 14.7 Å². The van der Waals surface area contributed by atoms with E-state index in [1.807, 2.05) is 14.0 Å². The number of hydrogen-bond acceptors (Lipinski definition) is 6. The van der Waals surface area contributed by atoms with E-state index in [0.717, 1.165) is 23.7 Å². The SMILES string of the molecule is COC[C@]1(CC(N)=O)CN(Cc2c(C)nn(C)c2OC)CCO1. The monoisotopic (exact) mass is 326 g/mol. The zero-order valence-electron chi connectivity index (χ0n) is 14.3. The van der Waals surface area contributed by atoms with E-state index in [-0.39, 0.29) is 12.3 Å². The minimum Gasteiger partial charge on any atom is -0.481 e. The molecule has 8 nitrogen and oxygen atoms in total. The molecule has 23 heavy (non-hydrogen) atoms. The van der Waals surface area contributed by atoms with Crippen molar-refractivity contribution < 1.29 is 19.0 Å². The maximum atomic E-state index is 11.4. The fraction of sp³-hybridized carbons (Fsp3) is 0.733. The lowest BCUT2D eigenvalue weighted by Gasteiger charge is -2.41. The average Bonchev–Trinajstić information content (AvgIpc) is 2.72. The second-order valence-electron chi connectivity index (χ2n) is 6.02. The summed E-state index contributed by atoms with van der Waals surface area (Å²) < 4.78 is 18.3. The number of carbonyl (C=O) groups excluding carboxylic acids is 1. The third kappa shape index (κ3) is 4.01. The number of primary amides is 1. The van der Waals surface area contributed by atoms with Crippen LogP contribution in [-0.4, -0.2) is 66.7 Å². The molecule has 0 unspecified atom stereocenters. The van der Waals surface area contributed by atoms with Gasteiger partial charge in [-0.3, -0.25) is 9.69 Å². The van der Waals surface area contributed by atoms with Crippen LogP contribution in [-0.2, 0) is 27.9 Å². The van der Waals surface area contributed by atoms with Crippen LogP contribution in [0.2, 0.25) is 0 Å². The molecule has 0 aliphatic carbocycles. The summed E-state index contributed by atoms with van der Waals surface area (Å²) in [5.74, 6) is 0.361. The summed E-state index contributed by atoms with van der Waals surface area (Å²) in [6.45, 7) is 4.83. The van der Waals surface area contributed by atoms with Crippen LogP contribution in [0.3, 0.4) is 0 Å². The molecule has 8 heteroatoms. The third-order valence-corrected chi connectivity index (χ3v) is 4.10. The Kier molecular flexibility index (Phi) is 5.61. The van der Waals surface area contributed by atoms with Crippen molar-refractivity contribution in [3.8, 4) is 5.88 Å². The zero-order valence-corrected chi connectivity index (χ0v) is 14.3. The summed E-state index contributed by atoms with van der Waals surface area (Å²) in [6.07, 6.45) is 0.139. The molecule has 130 valence electrons. The van der Waals surface area contributed by atoms with Gasteiger partial charge in [-0.2, -0.15) is 5.10 Å². The molecular formula is C15H26N4O4. The number of nitrogens with zero attached hydrogens (tertiary/aromatic N) is 3. The second kappa shape index (κ2) is 7.29. The Labute approximate surface area is 136 Å². The Balaban J connectivity index is 2.16. The Morgan fingerprint density at radius 1 is 1.48 bits per heavy atom. The maximum absolute atomic E-state index is 11.4. The lowest BCUT2D eigenvalue weighted by Crippen LogP contribution is -2.55. The maximum Gasteiger partial charge on any atom is 0.220 e. The molecule has 1 fully saturated rings. The van der Waals surface area contributed by atoms with Crippen LogP contribution in [0.15, 0.2) is 0 Å². The van der Waals surface area contributed by atoms with Gasteiger partial charge in [-0.25, -0.2) is 4.68 Å². The van der Waals surface area contributed by atoms with Gasteiger partial charge in [0.05, 0.1) is 38.0 Å². The van der Waals surface area contributed by atoms with Gasteiger partial charge < -0.3 is 19.9 Å². The fourth-order valence-corrected chi connectivity index (χ4v) is 3.23. The molecule has 0 saturated carbocycles. The Morgan fingerprint density at radius 3 is 2.83 bits per heavy atom. The number of ether oxygens (including phenoxy) is 3. The van der Waals surface area contributed by atoms with E-state index < -0.39 is 5.60 Å². The van der Waals surface area contributed by atoms with E-state index in [9.17, 15) is 4.79 Å². The predicted molar refractivity (Wildman–Crippen MR) is 84.1 cm³/mol. The highest BCUT2D eigenvalue weighted by molar-refractivity contribution is 5.75. The molecule has 0 bridgehead atoms. The molecule has 2 N–H and O–H groups in total. The van der Waals surface area contributed by atoms with Crippen LogP contribution >= 0.6 is 0 Å². The summed E-state index contributed by atoms with van der Waals surface area (Å²) in [7, 11) is 5.10. The average molecular weight is 326 g/mol. The van der Waals surface area contributed by atoms with Crippen LogP contribution in [0, 0.1) is 6.92 Å². The number of amides is 1. The number of nitrogens with two attached hydrogens (primary N) is 1. The largest absolute Gasteiger partial charge is 0.481 e. The quantitative estimate of drug-likeness (QED) is 0.748. The summed E-state index contributed by atoms with van der Waals surface area (Å²) in [6, 6.07) is 0. The minimum absolute atomic E-state index is 0.139. The zero-order chi connectivity index (χ0) is 17.0. The highest BCUT2D eigenvalue weighted by Gasteiger charge is 2.39. The molecule has 1 aromatic rings. The van der Waals surface area contributed by atoms with Gasteiger partial charge in [0.25, 0.3) is 0 Å². The van der Waals surface area contributed by atoms with E-state index in [4.69, 9.17) is 19.9 Å². The van der Waals surface area contributed by atoms with Crippen LogP contribution in [0.25, 0.3) is 0 Å². The molecule has 0 aromatic carbocycles. The molecule has 0 spiro atoms. The molecule has 1 amide bonds. The van der Waals surface area contributed by atoms with Crippen molar-refractivity contribution in [3.63, 3.8) is 0 Å². The van der Waals surface area contributed by atoms with Crippen LogP contribution < -0.4 is 10.5 Å². The van der Waals surface area contributed by atoms with Crippen molar-refractivity contribution in [2.24, 2.45) is 12.8 Å². The van der Waals surface area contributed by atoms with Gasteiger partial charge in [0.15, 0.2) is 0 Å². The van der Waals surface area contributed by atoms with Gasteiger partial charge in [-0.15, -0.1) is 0 Å². The lowest BCUT2D eigenvalue weighted by molar-refractivity contribution is -0.154. The third-order valence-electron chi connectivity index (χ3n) is 4.10. The topological polar surface area (TPSA) is 91.8 Å². The standard InChI is InChI=1S/C15H26N4O4/c1-11-12(14(22-4)18(2)17-11)8-19-5-6-23-15(9-19,10-21-3)7-13(16)20/h5-10H2,1-4H3,(H2,16,20)/t15-/m0/s1. The van der Waals surface area contributed by atoms with Crippen LogP contribution in [0.1, 0.15) is 17.7 Å². The van der Waals surface area contributed by atoms with Gasteiger partial charge in [-0.1, -0.05) is 0 Å². The number of carbonyl (C=O) groups is 1. The summed E-state index contributed by atoms with van der Waals surface area (Å²) in [5.41, 5.74) is 6.67. The van der Waals surface area contributed by atoms with E-state index in [1.54, 1.807) is 18.9 Å². The summed E-state index contributed by atoms with van der Waals surface area (Å²) in [5, 5.41) is 4.40. The highest BCUT2D eigenvalue weighted by atomic mass is 16.5. The first-order valence-electron chi connectivity index (χ1n) is 7.61. The molecule has 1 aromatic heterocycles. The Morgan fingerprint density at radius 2 is 2.22 bits per heavy atom. The number of hydrogen-bond donors (Lipinski definition) is 1. The molecule has 1 aliphatic heterocycles. The number of aryl methyl sites for hydroxylation is 2.